The number of anilines is 1. The minimum Gasteiger partial charge on any atom is -0.406 e. The Morgan fingerprint density at radius 3 is 2.66 bits per heavy atom. The number of thiocarbonyl (C=S) groups is 1. The van der Waals surface area contributed by atoms with E-state index in [4.69, 9.17) is 12.2 Å². The number of hydrogen-bond acceptors (Lipinski definition) is 6. The van der Waals surface area contributed by atoms with E-state index in [1.807, 2.05) is 49.4 Å². The molecule has 228 valence electrons. The van der Waals surface area contributed by atoms with Crippen LogP contribution >= 0.6 is 24.0 Å². The van der Waals surface area contributed by atoms with Crippen molar-refractivity contribution in [3.05, 3.63) is 89.7 Å². The lowest BCUT2D eigenvalue weighted by atomic mass is 10.0. The molecular weight excluding hydrogens is 610 g/mol. The lowest BCUT2D eigenvalue weighted by Gasteiger charge is -2.22. The number of aryl methyl sites for hydroxylation is 3. The number of benzene rings is 3. The quantitative estimate of drug-likeness (QED) is 0.162. The van der Waals surface area contributed by atoms with Crippen molar-refractivity contribution in [1.82, 2.24) is 20.1 Å². The first-order chi connectivity index (χ1) is 21.1. The second-order valence-corrected chi connectivity index (χ2v) is 11.3. The van der Waals surface area contributed by atoms with E-state index in [1.54, 1.807) is 4.90 Å². The van der Waals surface area contributed by atoms with Gasteiger partial charge in [-0.05, 0) is 85.4 Å². The van der Waals surface area contributed by atoms with Gasteiger partial charge in [-0.2, -0.15) is 4.99 Å². The van der Waals surface area contributed by atoms with Gasteiger partial charge in [-0.25, -0.2) is 9.67 Å². The molecule has 3 aromatic carbocycles. The zero-order valence-corrected chi connectivity index (χ0v) is 25.6. The van der Waals surface area contributed by atoms with Crippen molar-refractivity contribution < 1.29 is 22.7 Å². The summed E-state index contributed by atoms with van der Waals surface area (Å²) in [6.07, 6.45) is -0.881. The number of amides is 1. The average molecular weight is 639 g/mol. The molecule has 0 saturated carbocycles. The van der Waals surface area contributed by atoms with Crippen LogP contribution < -0.4 is 15.0 Å². The van der Waals surface area contributed by atoms with E-state index in [9.17, 15) is 18.0 Å². The van der Waals surface area contributed by atoms with E-state index in [2.05, 4.69) is 32.1 Å². The molecule has 1 aromatic heterocycles. The summed E-state index contributed by atoms with van der Waals surface area (Å²) in [5.41, 5.74) is 5.45. The summed E-state index contributed by atoms with van der Waals surface area (Å²) >= 11 is 6.87. The van der Waals surface area contributed by atoms with Crippen LogP contribution in [-0.4, -0.2) is 49.6 Å². The van der Waals surface area contributed by atoms with Gasteiger partial charge in [0.25, 0.3) is 0 Å². The topological polar surface area (TPSA) is 84.6 Å². The van der Waals surface area contributed by atoms with Crippen LogP contribution in [-0.2, 0) is 17.6 Å². The molecule has 0 spiro atoms. The summed E-state index contributed by atoms with van der Waals surface area (Å²) < 4.78 is 42.7. The number of nitrogens with zero attached hydrogens (tertiary/aromatic N) is 5. The molecule has 13 heteroatoms. The van der Waals surface area contributed by atoms with Crippen molar-refractivity contribution in [2.24, 2.45) is 4.99 Å². The minimum atomic E-state index is -4.75. The molecule has 5 rings (SSSR count). The van der Waals surface area contributed by atoms with Crippen LogP contribution in [0.15, 0.2) is 78.0 Å². The summed E-state index contributed by atoms with van der Waals surface area (Å²) in [5, 5.41) is 8.59. The third-order valence-electron chi connectivity index (χ3n) is 6.82. The molecule has 1 saturated heterocycles. The number of alkyl halides is 3. The summed E-state index contributed by atoms with van der Waals surface area (Å²) in [4.78, 5) is 23.4. The van der Waals surface area contributed by atoms with Gasteiger partial charge in [-0.3, -0.25) is 9.69 Å². The van der Waals surface area contributed by atoms with Crippen LogP contribution in [0.1, 0.15) is 30.0 Å². The number of aromatic nitrogens is 3. The van der Waals surface area contributed by atoms with E-state index in [0.717, 1.165) is 47.2 Å². The van der Waals surface area contributed by atoms with Crippen molar-refractivity contribution in [3.63, 3.8) is 0 Å². The molecule has 8 nitrogen and oxygen atoms in total. The highest BCUT2D eigenvalue weighted by atomic mass is 32.2. The first-order valence-corrected chi connectivity index (χ1v) is 15.3. The number of halogens is 3. The average Bonchev–Trinajstić information content (AvgIpc) is 3.62. The molecule has 1 N–H and O–H groups in total. The number of hydrogen-bond donors (Lipinski definition) is 1. The third-order valence-corrected chi connectivity index (χ3v) is 7.98. The first-order valence-electron chi connectivity index (χ1n) is 13.9. The zero-order chi connectivity index (χ0) is 31.3. The van der Waals surface area contributed by atoms with Crippen LogP contribution in [0, 0.1) is 6.92 Å². The summed E-state index contributed by atoms with van der Waals surface area (Å²) in [6, 6.07) is 19.3. The van der Waals surface area contributed by atoms with Crippen LogP contribution in [0.4, 0.5) is 18.9 Å². The highest BCUT2D eigenvalue weighted by Crippen LogP contribution is 2.33. The van der Waals surface area contributed by atoms with Gasteiger partial charge >= 0.3 is 6.36 Å². The number of thioether (sulfide) groups is 1. The number of aliphatic imine (C=N–C) groups is 1. The summed E-state index contributed by atoms with van der Waals surface area (Å²) in [6.45, 7) is 4.66. The zero-order valence-electron chi connectivity index (χ0n) is 24.0. The largest absolute Gasteiger partial charge is 0.573 e. The lowest BCUT2D eigenvalue weighted by molar-refractivity contribution is -0.274. The van der Waals surface area contributed by atoms with Gasteiger partial charge in [-0.1, -0.05) is 55.1 Å². The monoisotopic (exact) mass is 638 g/mol. The fourth-order valence-electron chi connectivity index (χ4n) is 4.79. The van der Waals surface area contributed by atoms with Crippen molar-refractivity contribution >= 4 is 45.9 Å². The number of carbonyl (C=O) groups is 1. The van der Waals surface area contributed by atoms with Gasteiger partial charge in [0.15, 0.2) is 16.1 Å². The molecule has 2 heterocycles. The van der Waals surface area contributed by atoms with Crippen LogP contribution in [0.5, 0.6) is 5.75 Å². The first kappa shape index (κ1) is 31.2. The molecule has 0 atom stereocenters. The molecule has 44 heavy (non-hydrogen) atoms. The molecule has 0 bridgehead atoms. The number of ether oxygens (including phenoxy) is 1. The van der Waals surface area contributed by atoms with Crippen molar-refractivity contribution in [2.45, 2.75) is 39.5 Å². The number of amidine groups is 1. The fraction of sp³-hybridized carbons (Fsp3) is 0.258. The Bertz CT molecular complexity index is 1690. The predicted octanol–water partition coefficient (Wildman–Crippen LogP) is 6.65. The van der Waals surface area contributed by atoms with E-state index in [-0.39, 0.29) is 11.7 Å². The molecule has 0 aliphatic carbocycles. The van der Waals surface area contributed by atoms with Gasteiger partial charge < -0.3 is 10.1 Å². The summed E-state index contributed by atoms with van der Waals surface area (Å²) in [5.74, 6) is 0.504. The molecule has 0 radical (unpaired) electrons. The van der Waals surface area contributed by atoms with E-state index >= 15 is 0 Å². The Balaban J connectivity index is 1.16. The van der Waals surface area contributed by atoms with Crippen LogP contribution in [0.25, 0.3) is 17.1 Å². The maximum absolute atomic E-state index is 12.8. The molecular formula is C31H29F3N6O2S2. The SMILES string of the molecule is CCc1cccc(C)c1N1C(=O)CS/C1=N\C(=S)NCCCc1cccc(-c2ncn(-c3ccc(OC(F)(F)F)cc3)n2)c1. The normalized spacial score (nSPS) is 14.3. The smallest absolute Gasteiger partial charge is 0.406 e. The van der Waals surface area contributed by atoms with E-state index in [1.165, 1.54) is 47.0 Å². The molecule has 1 amide bonds. The molecule has 1 aliphatic rings. The Kier molecular flexibility index (Phi) is 9.64. The van der Waals surface area contributed by atoms with Gasteiger partial charge in [0.05, 0.1) is 17.1 Å². The van der Waals surface area contributed by atoms with E-state index < -0.39 is 6.36 Å². The second kappa shape index (κ2) is 13.6. The van der Waals surface area contributed by atoms with Gasteiger partial charge in [0.1, 0.15) is 12.1 Å². The van der Waals surface area contributed by atoms with Gasteiger partial charge in [0, 0.05) is 12.1 Å². The maximum Gasteiger partial charge on any atom is 0.573 e. The molecule has 1 aliphatic heterocycles. The Morgan fingerprint density at radius 1 is 1.14 bits per heavy atom. The van der Waals surface area contributed by atoms with Crippen LogP contribution in [0.2, 0.25) is 0 Å². The Labute approximate surface area is 262 Å². The Morgan fingerprint density at radius 2 is 1.91 bits per heavy atom. The fourth-order valence-corrected chi connectivity index (χ4v) is 5.90. The van der Waals surface area contributed by atoms with Crippen molar-refractivity contribution in [1.29, 1.82) is 0 Å². The highest BCUT2D eigenvalue weighted by Gasteiger charge is 2.32. The highest BCUT2D eigenvalue weighted by molar-refractivity contribution is 8.15. The number of para-hydroxylation sites is 1. The van der Waals surface area contributed by atoms with Gasteiger partial charge in [0.2, 0.25) is 5.91 Å². The maximum atomic E-state index is 12.8. The van der Waals surface area contributed by atoms with Crippen molar-refractivity contribution in [2.75, 3.05) is 17.2 Å². The summed E-state index contributed by atoms with van der Waals surface area (Å²) in [7, 11) is 0. The van der Waals surface area contributed by atoms with Crippen LogP contribution in [0.3, 0.4) is 0 Å². The Hall–Kier alpha value is -4.23. The van der Waals surface area contributed by atoms with Gasteiger partial charge in [-0.15, -0.1) is 18.3 Å². The van der Waals surface area contributed by atoms with E-state index in [0.29, 0.717) is 34.1 Å². The second-order valence-electron chi connectivity index (χ2n) is 9.94. The van der Waals surface area contributed by atoms with Crippen molar-refractivity contribution in [3.8, 4) is 22.8 Å². The molecule has 1 fully saturated rings. The minimum absolute atomic E-state index is 0.00630. The number of nitrogens with one attached hydrogen (secondary N) is 1. The number of rotatable bonds is 9. The molecule has 4 aromatic rings. The standard InChI is InChI=1S/C31H29F3N6O2S2/c1-3-22-10-4-7-20(2)27(22)40-26(41)18-44-30(40)37-29(43)35-16-6-9-21-8-5-11-23(17-21)28-36-19-39(38-28)24-12-14-25(15-13-24)42-31(32,33)34/h4-5,7-8,10-15,17,19H,3,6,9,16,18H2,1-2H3,(H,35,43)/b37-30-. The molecule has 0 unspecified atom stereocenters. The third kappa shape index (κ3) is 7.64. The number of carbonyl (C=O) groups excluding carboxylic acids is 1. The lowest BCUT2D eigenvalue weighted by Crippen LogP contribution is -2.32. The predicted molar refractivity (Wildman–Crippen MR) is 170 cm³/mol.